The Labute approximate surface area is 94.7 Å². The third-order valence-corrected chi connectivity index (χ3v) is 3.11. The highest BCUT2D eigenvalue weighted by molar-refractivity contribution is 5.87. The van der Waals surface area contributed by atoms with Gasteiger partial charge >= 0.3 is 5.97 Å². The van der Waals surface area contributed by atoms with Gasteiger partial charge in [0.25, 0.3) is 0 Å². The van der Waals surface area contributed by atoms with Crippen molar-refractivity contribution in [1.82, 2.24) is 10.3 Å². The number of pyridine rings is 1. The van der Waals surface area contributed by atoms with Crippen molar-refractivity contribution in [3.8, 4) is 0 Å². The number of nitrogens with one attached hydrogen (secondary N) is 1. The second-order valence-corrected chi connectivity index (χ2v) is 4.97. The molecule has 2 rings (SSSR count). The molecule has 1 aromatic rings. The van der Waals surface area contributed by atoms with E-state index in [-0.39, 0.29) is 5.56 Å². The molecule has 1 fully saturated rings. The first kappa shape index (κ1) is 11.1. The van der Waals surface area contributed by atoms with Crippen molar-refractivity contribution in [3.63, 3.8) is 0 Å². The largest absolute Gasteiger partial charge is 0.478 e. The minimum atomic E-state index is -0.935. The number of aromatic nitrogens is 1. The summed E-state index contributed by atoms with van der Waals surface area (Å²) in [6.45, 7) is 5.16. The summed E-state index contributed by atoms with van der Waals surface area (Å²) in [6, 6.07) is 3.91. The molecule has 4 nitrogen and oxygen atoms in total. The average Bonchev–Trinajstić information content (AvgIpc) is 2.84. The maximum Gasteiger partial charge on any atom is 0.337 e. The van der Waals surface area contributed by atoms with E-state index in [0.717, 1.165) is 5.69 Å². The number of carbonyl (C=O) groups is 1. The molecule has 0 saturated heterocycles. The fourth-order valence-corrected chi connectivity index (χ4v) is 1.70. The van der Waals surface area contributed by atoms with E-state index in [9.17, 15) is 4.79 Å². The van der Waals surface area contributed by atoms with Gasteiger partial charge in [0.2, 0.25) is 0 Å². The van der Waals surface area contributed by atoms with Gasteiger partial charge in [0.1, 0.15) is 0 Å². The molecule has 0 radical (unpaired) electrons. The molecule has 0 spiro atoms. The number of hydrogen-bond donors (Lipinski definition) is 2. The standard InChI is InChI=1S/C12H16N2O2/c1-12(2)5-10(12)14-7-9-4-3-8(6-13-9)11(15)16/h3-4,6,10,14H,5,7H2,1-2H3,(H,15,16). The molecule has 1 aromatic heterocycles. The summed E-state index contributed by atoms with van der Waals surface area (Å²) in [7, 11) is 0. The molecule has 1 unspecified atom stereocenters. The summed E-state index contributed by atoms with van der Waals surface area (Å²) in [5.41, 5.74) is 1.52. The molecule has 1 atom stereocenters. The summed E-state index contributed by atoms with van der Waals surface area (Å²) < 4.78 is 0. The van der Waals surface area contributed by atoms with E-state index in [1.807, 2.05) is 0 Å². The Morgan fingerprint density at radius 2 is 2.31 bits per heavy atom. The number of aromatic carboxylic acids is 1. The van der Waals surface area contributed by atoms with Crippen LogP contribution in [0, 0.1) is 5.41 Å². The molecular formula is C12H16N2O2. The zero-order chi connectivity index (χ0) is 11.8. The van der Waals surface area contributed by atoms with E-state index < -0.39 is 5.97 Å². The summed E-state index contributed by atoms with van der Waals surface area (Å²) in [6.07, 6.45) is 2.59. The van der Waals surface area contributed by atoms with Crippen LogP contribution in [0.2, 0.25) is 0 Å². The molecule has 0 amide bonds. The van der Waals surface area contributed by atoms with Crippen LogP contribution in [0.4, 0.5) is 0 Å². The van der Waals surface area contributed by atoms with Gasteiger partial charge in [-0.25, -0.2) is 4.79 Å². The number of nitrogens with zero attached hydrogens (tertiary/aromatic N) is 1. The van der Waals surface area contributed by atoms with Gasteiger partial charge in [0.05, 0.1) is 11.3 Å². The zero-order valence-corrected chi connectivity index (χ0v) is 9.53. The van der Waals surface area contributed by atoms with Crippen molar-refractivity contribution >= 4 is 5.97 Å². The molecule has 1 saturated carbocycles. The van der Waals surface area contributed by atoms with Gasteiger partial charge in [-0.05, 0) is 24.0 Å². The predicted octanol–water partition coefficient (Wildman–Crippen LogP) is 1.67. The second-order valence-electron chi connectivity index (χ2n) is 4.97. The SMILES string of the molecule is CC1(C)CC1NCc1ccc(C(=O)O)cn1. The number of hydrogen-bond acceptors (Lipinski definition) is 3. The monoisotopic (exact) mass is 220 g/mol. The maximum atomic E-state index is 10.6. The van der Waals surface area contributed by atoms with Gasteiger partial charge < -0.3 is 10.4 Å². The van der Waals surface area contributed by atoms with Crippen LogP contribution in [0.1, 0.15) is 36.3 Å². The molecule has 86 valence electrons. The van der Waals surface area contributed by atoms with Crippen LogP contribution in [0.3, 0.4) is 0 Å². The van der Waals surface area contributed by atoms with Crippen LogP contribution in [0.5, 0.6) is 0 Å². The van der Waals surface area contributed by atoms with Gasteiger partial charge in [-0.15, -0.1) is 0 Å². The molecular weight excluding hydrogens is 204 g/mol. The van der Waals surface area contributed by atoms with Crippen LogP contribution in [0.25, 0.3) is 0 Å². The summed E-state index contributed by atoms with van der Waals surface area (Å²) in [4.78, 5) is 14.7. The normalized spacial score (nSPS) is 21.8. The quantitative estimate of drug-likeness (QED) is 0.810. The highest BCUT2D eigenvalue weighted by Crippen LogP contribution is 2.44. The lowest BCUT2D eigenvalue weighted by Crippen LogP contribution is -2.20. The summed E-state index contributed by atoms with van der Waals surface area (Å²) in [5, 5.41) is 12.1. The highest BCUT2D eigenvalue weighted by Gasteiger charge is 2.44. The third-order valence-electron chi connectivity index (χ3n) is 3.11. The minimum Gasteiger partial charge on any atom is -0.478 e. The molecule has 0 aliphatic heterocycles. The zero-order valence-electron chi connectivity index (χ0n) is 9.53. The van der Waals surface area contributed by atoms with Crippen LogP contribution < -0.4 is 5.32 Å². The number of carboxylic acids is 1. The Morgan fingerprint density at radius 1 is 1.62 bits per heavy atom. The van der Waals surface area contributed by atoms with E-state index >= 15 is 0 Å². The molecule has 0 aromatic carbocycles. The lowest BCUT2D eigenvalue weighted by Gasteiger charge is -2.06. The van der Waals surface area contributed by atoms with E-state index in [4.69, 9.17) is 5.11 Å². The van der Waals surface area contributed by atoms with Crippen LogP contribution in [0.15, 0.2) is 18.3 Å². The first-order valence-corrected chi connectivity index (χ1v) is 5.41. The van der Waals surface area contributed by atoms with Crippen molar-refractivity contribution in [2.45, 2.75) is 32.9 Å². The summed E-state index contributed by atoms with van der Waals surface area (Å²) in [5.74, 6) is -0.935. The molecule has 0 bridgehead atoms. The highest BCUT2D eigenvalue weighted by atomic mass is 16.4. The Morgan fingerprint density at radius 3 is 2.75 bits per heavy atom. The van der Waals surface area contributed by atoms with Gasteiger partial charge in [-0.1, -0.05) is 13.8 Å². The average molecular weight is 220 g/mol. The molecule has 1 aliphatic carbocycles. The van der Waals surface area contributed by atoms with Crippen molar-refractivity contribution in [2.24, 2.45) is 5.41 Å². The molecule has 2 N–H and O–H groups in total. The van der Waals surface area contributed by atoms with Crippen LogP contribution >= 0.6 is 0 Å². The Hall–Kier alpha value is -1.42. The van der Waals surface area contributed by atoms with E-state index in [0.29, 0.717) is 18.0 Å². The molecule has 1 heterocycles. The first-order chi connectivity index (χ1) is 7.49. The van der Waals surface area contributed by atoms with Gasteiger partial charge in [-0.3, -0.25) is 4.98 Å². The van der Waals surface area contributed by atoms with Crippen LogP contribution in [-0.4, -0.2) is 22.1 Å². The smallest absolute Gasteiger partial charge is 0.337 e. The van der Waals surface area contributed by atoms with Crippen molar-refractivity contribution < 1.29 is 9.90 Å². The number of rotatable bonds is 4. The van der Waals surface area contributed by atoms with Crippen molar-refractivity contribution in [3.05, 3.63) is 29.6 Å². The predicted molar refractivity (Wildman–Crippen MR) is 60.2 cm³/mol. The number of carboxylic acid groups (broad SMARTS) is 1. The molecule has 4 heteroatoms. The van der Waals surface area contributed by atoms with Crippen molar-refractivity contribution in [1.29, 1.82) is 0 Å². The van der Waals surface area contributed by atoms with Gasteiger partial charge in [0.15, 0.2) is 0 Å². The Balaban J connectivity index is 1.88. The molecule has 16 heavy (non-hydrogen) atoms. The van der Waals surface area contributed by atoms with E-state index in [1.54, 1.807) is 12.1 Å². The minimum absolute atomic E-state index is 0.232. The lowest BCUT2D eigenvalue weighted by atomic mass is 10.2. The topological polar surface area (TPSA) is 62.2 Å². The first-order valence-electron chi connectivity index (χ1n) is 5.41. The van der Waals surface area contributed by atoms with Crippen molar-refractivity contribution in [2.75, 3.05) is 0 Å². The Bertz CT molecular complexity index is 398. The van der Waals surface area contributed by atoms with Gasteiger partial charge in [0, 0.05) is 18.8 Å². The van der Waals surface area contributed by atoms with E-state index in [1.165, 1.54) is 12.6 Å². The lowest BCUT2D eigenvalue weighted by molar-refractivity contribution is 0.0696. The van der Waals surface area contributed by atoms with Crippen LogP contribution in [-0.2, 0) is 6.54 Å². The summed E-state index contributed by atoms with van der Waals surface area (Å²) >= 11 is 0. The second kappa shape index (κ2) is 3.87. The fraction of sp³-hybridized carbons (Fsp3) is 0.500. The van der Waals surface area contributed by atoms with E-state index in [2.05, 4.69) is 24.1 Å². The molecule has 1 aliphatic rings. The fourth-order valence-electron chi connectivity index (χ4n) is 1.70. The maximum absolute atomic E-state index is 10.6. The third kappa shape index (κ3) is 2.39. The Kier molecular flexibility index (Phi) is 2.68. The van der Waals surface area contributed by atoms with Gasteiger partial charge in [-0.2, -0.15) is 0 Å².